The van der Waals surface area contributed by atoms with Crippen LogP contribution >= 0.6 is 0 Å². The van der Waals surface area contributed by atoms with Crippen LogP contribution in [-0.4, -0.2) is 36.9 Å². The second-order valence-corrected chi connectivity index (χ2v) is 4.22. The van der Waals surface area contributed by atoms with E-state index in [9.17, 15) is 4.79 Å². The first-order valence-corrected chi connectivity index (χ1v) is 5.93. The zero-order valence-corrected chi connectivity index (χ0v) is 9.71. The van der Waals surface area contributed by atoms with Gasteiger partial charge in [-0.15, -0.1) is 0 Å². The van der Waals surface area contributed by atoms with Crippen molar-refractivity contribution in [2.24, 2.45) is 0 Å². The van der Waals surface area contributed by atoms with Gasteiger partial charge in [0.05, 0.1) is 12.7 Å². The van der Waals surface area contributed by atoms with Crippen LogP contribution in [0.25, 0.3) is 0 Å². The lowest BCUT2D eigenvalue weighted by molar-refractivity contribution is -0.132. The molecule has 0 amide bonds. The highest BCUT2D eigenvalue weighted by Gasteiger charge is 2.12. The van der Waals surface area contributed by atoms with Gasteiger partial charge in [0.1, 0.15) is 0 Å². The molecule has 1 saturated carbocycles. The lowest BCUT2D eigenvalue weighted by atomic mass is 9.98. The van der Waals surface area contributed by atoms with Crippen LogP contribution in [0.4, 0.5) is 0 Å². The molecule has 0 bridgehead atoms. The van der Waals surface area contributed by atoms with E-state index in [1.807, 2.05) is 0 Å². The Hall–Kier alpha value is -0.870. The fourth-order valence-electron chi connectivity index (χ4n) is 1.84. The summed E-state index contributed by atoms with van der Waals surface area (Å²) in [5, 5.41) is 11.6. The normalized spacial score (nSPS) is 17.2. The largest absolute Gasteiger partial charge is 0.478 e. The molecule has 0 aromatic heterocycles. The molecule has 0 atom stereocenters. The molecule has 1 aliphatic rings. The van der Waals surface area contributed by atoms with Crippen LogP contribution in [0, 0.1) is 0 Å². The van der Waals surface area contributed by atoms with Crippen molar-refractivity contribution in [2.45, 2.75) is 38.2 Å². The summed E-state index contributed by atoms with van der Waals surface area (Å²) in [6.07, 6.45) is 6.63. The Morgan fingerprint density at radius 2 is 2.06 bits per heavy atom. The van der Waals surface area contributed by atoms with Crippen molar-refractivity contribution in [3.05, 3.63) is 12.2 Å². The fourth-order valence-corrected chi connectivity index (χ4v) is 1.84. The van der Waals surface area contributed by atoms with Gasteiger partial charge in [0.15, 0.2) is 0 Å². The molecule has 0 aliphatic heterocycles. The average Bonchev–Trinajstić information content (AvgIpc) is 2.29. The third-order valence-corrected chi connectivity index (χ3v) is 2.83. The number of hydrogen-bond donors (Lipinski definition) is 2. The maximum absolute atomic E-state index is 10.4. The summed E-state index contributed by atoms with van der Waals surface area (Å²) < 4.78 is 5.69. The Kier molecular flexibility index (Phi) is 6.11. The van der Waals surface area contributed by atoms with Crippen molar-refractivity contribution in [1.82, 2.24) is 5.32 Å². The first-order chi connectivity index (χ1) is 7.70. The molecule has 1 rings (SSSR count). The van der Waals surface area contributed by atoms with Crippen LogP contribution in [0.3, 0.4) is 0 Å². The molecular weight excluding hydrogens is 206 g/mol. The third-order valence-electron chi connectivity index (χ3n) is 2.83. The molecule has 0 aromatic rings. The predicted octanol–water partition coefficient (Wildman–Crippen LogP) is 1.57. The number of ether oxygens (including phenoxy) is 1. The van der Waals surface area contributed by atoms with E-state index in [4.69, 9.17) is 9.84 Å². The van der Waals surface area contributed by atoms with Gasteiger partial charge in [0.2, 0.25) is 0 Å². The Balaban J connectivity index is 1.95. The van der Waals surface area contributed by atoms with E-state index in [2.05, 4.69) is 11.9 Å². The molecule has 0 unspecified atom stereocenters. The zero-order chi connectivity index (χ0) is 11.8. The highest BCUT2D eigenvalue weighted by molar-refractivity contribution is 5.86. The second-order valence-electron chi connectivity index (χ2n) is 4.22. The zero-order valence-electron chi connectivity index (χ0n) is 9.71. The first kappa shape index (κ1) is 13.2. The minimum absolute atomic E-state index is 0.192. The average molecular weight is 227 g/mol. The second kappa shape index (κ2) is 7.41. The lowest BCUT2D eigenvalue weighted by Gasteiger charge is -2.22. The summed E-state index contributed by atoms with van der Waals surface area (Å²) in [6, 6.07) is 0. The predicted molar refractivity (Wildman–Crippen MR) is 62.5 cm³/mol. The van der Waals surface area contributed by atoms with E-state index in [0.29, 0.717) is 25.8 Å². The fraction of sp³-hybridized carbons (Fsp3) is 0.750. The van der Waals surface area contributed by atoms with Crippen LogP contribution < -0.4 is 5.32 Å². The molecule has 0 aromatic carbocycles. The molecular formula is C12H21NO3. The highest BCUT2D eigenvalue weighted by Crippen LogP contribution is 2.19. The molecule has 0 saturated heterocycles. The minimum Gasteiger partial charge on any atom is -0.478 e. The van der Waals surface area contributed by atoms with E-state index < -0.39 is 5.97 Å². The smallest absolute Gasteiger partial charge is 0.332 e. The number of rotatable bonds is 7. The van der Waals surface area contributed by atoms with Gasteiger partial charge in [0, 0.05) is 18.7 Å². The van der Waals surface area contributed by atoms with Crippen molar-refractivity contribution >= 4 is 5.97 Å². The number of carboxylic acids is 1. The third kappa shape index (κ3) is 5.28. The van der Waals surface area contributed by atoms with Crippen molar-refractivity contribution in [1.29, 1.82) is 0 Å². The number of aliphatic carboxylic acids is 1. The molecule has 2 N–H and O–H groups in total. The van der Waals surface area contributed by atoms with Crippen LogP contribution in [0.2, 0.25) is 0 Å². The van der Waals surface area contributed by atoms with Crippen LogP contribution in [0.15, 0.2) is 12.2 Å². The van der Waals surface area contributed by atoms with Crippen molar-refractivity contribution in [3.8, 4) is 0 Å². The number of nitrogens with one attached hydrogen (secondary N) is 1. The Morgan fingerprint density at radius 1 is 1.38 bits per heavy atom. The molecule has 16 heavy (non-hydrogen) atoms. The molecule has 1 fully saturated rings. The van der Waals surface area contributed by atoms with Gasteiger partial charge < -0.3 is 15.2 Å². The number of carboxylic acid groups (broad SMARTS) is 1. The van der Waals surface area contributed by atoms with Gasteiger partial charge in [-0.25, -0.2) is 4.79 Å². The summed E-state index contributed by atoms with van der Waals surface area (Å²) in [4.78, 5) is 10.4. The number of hydrogen-bond acceptors (Lipinski definition) is 3. The molecule has 0 heterocycles. The molecule has 1 aliphatic carbocycles. The molecule has 0 spiro atoms. The molecule has 92 valence electrons. The van der Waals surface area contributed by atoms with Gasteiger partial charge in [-0.3, -0.25) is 0 Å². The van der Waals surface area contributed by atoms with E-state index in [1.165, 1.54) is 32.1 Å². The Labute approximate surface area is 96.7 Å². The summed E-state index contributed by atoms with van der Waals surface area (Å²) in [7, 11) is 0. The first-order valence-electron chi connectivity index (χ1n) is 5.93. The van der Waals surface area contributed by atoms with E-state index in [-0.39, 0.29) is 5.57 Å². The standard InChI is InChI=1S/C12H21NO3/c1-10(12(14)15)9-13-7-8-16-11-5-3-2-4-6-11/h11,13H,1-9H2,(H,14,15). The summed E-state index contributed by atoms with van der Waals surface area (Å²) in [5.41, 5.74) is 0.192. The summed E-state index contributed by atoms with van der Waals surface area (Å²) >= 11 is 0. The van der Waals surface area contributed by atoms with Crippen molar-refractivity contribution in [2.75, 3.05) is 19.7 Å². The SMILES string of the molecule is C=C(CNCCOC1CCCCC1)C(=O)O. The Morgan fingerprint density at radius 3 is 2.69 bits per heavy atom. The van der Waals surface area contributed by atoms with Gasteiger partial charge in [0.25, 0.3) is 0 Å². The van der Waals surface area contributed by atoms with Gasteiger partial charge in [-0.1, -0.05) is 25.8 Å². The molecule has 0 radical (unpaired) electrons. The van der Waals surface area contributed by atoms with Crippen LogP contribution in [0.5, 0.6) is 0 Å². The van der Waals surface area contributed by atoms with Gasteiger partial charge in [-0.2, -0.15) is 0 Å². The summed E-state index contributed by atoms with van der Waals surface area (Å²) in [5.74, 6) is -0.944. The molecule has 4 heteroatoms. The maximum Gasteiger partial charge on any atom is 0.332 e. The van der Waals surface area contributed by atoms with E-state index in [0.717, 1.165) is 0 Å². The maximum atomic E-state index is 10.4. The van der Waals surface area contributed by atoms with Gasteiger partial charge >= 0.3 is 5.97 Å². The summed E-state index contributed by atoms with van der Waals surface area (Å²) in [6.45, 7) is 5.10. The monoisotopic (exact) mass is 227 g/mol. The lowest BCUT2D eigenvalue weighted by Crippen LogP contribution is -2.27. The Bertz CT molecular complexity index is 234. The van der Waals surface area contributed by atoms with E-state index >= 15 is 0 Å². The number of carbonyl (C=O) groups is 1. The highest BCUT2D eigenvalue weighted by atomic mass is 16.5. The van der Waals surface area contributed by atoms with Crippen molar-refractivity contribution < 1.29 is 14.6 Å². The van der Waals surface area contributed by atoms with Gasteiger partial charge in [-0.05, 0) is 12.8 Å². The molecule has 4 nitrogen and oxygen atoms in total. The topological polar surface area (TPSA) is 58.6 Å². The van der Waals surface area contributed by atoms with Crippen molar-refractivity contribution in [3.63, 3.8) is 0 Å². The van der Waals surface area contributed by atoms with Crippen LogP contribution in [-0.2, 0) is 9.53 Å². The quantitative estimate of drug-likeness (QED) is 0.512. The minimum atomic E-state index is -0.944. The van der Waals surface area contributed by atoms with E-state index in [1.54, 1.807) is 0 Å². The van der Waals surface area contributed by atoms with Crippen LogP contribution in [0.1, 0.15) is 32.1 Å².